The predicted molar refractivity (Wildman–Crippen MR) is 103 cm³/mol. The van der Waals surface area contributed by atoms with Crippen molar-refractivity contribution in [3.05, 3.63) is 89.3 Å². The minimum atomic E-state index is 0.495. The Morgan fingerprint density at radius 2 is 1.68 bits per heavy atom. The van der Waals surface area contributed by atoms with Gasteiger partial charge in [0, 0.05) is 5.56 Å². The Labute approximate surface area is 150 Å². The lowest BCUT2D eigenvalue weighted by atomic mass is 10.1. The topological polar surface area (TPSA) is 33.0 Å². The molecule has 0 spiro atoms. The van der Waals surface area contributed by atoms with Crippen LogP contribution in [0.3, 0.4) is 0 Å². The SMILES string of the molecule is N#Cc1ccsc1-c1ccccc1OCc1ccc2ccccc2c1. The van der Waals surface area contributed by atoms with E-state index in [1.807, 2.05) is 47.8 Å². The fourth-order valence-electron chi connectivity index (χ4n) is 2.88. The van der Waals surface area contributed by atoms with Crippen molar-refractivity contribution >= 4 is 22.1 Å². The second-order valence-electron chi connectivity index (χ2n) is 5.74. The number of hydrogen-bond acceptors (Lipinski definition) is 3. The maximum atomic E-state index is 9.28. The third-order valence-corrected chi connectivity index (χ3v) is 5.07. The van der Waals surface area contributed by atoms with Gasteiger partial charge in [-0.3, -0.25) is 0 Å². The first-order valence-corrected chi connectivity index (χ1v) is 8.90. The van der Waals surface area contributed by atoms with E-state index in [1.165, 1.54) is 10.8 Å². The van der Waals surface area contributed by atoms with Gasteiger partial charge in [0.25, 0.3) is 0 Å². The smallest absolute Gasteiger partial charge is 0.128 e. The minimum Gasteiger partial charge on any atom is -0.488 e. The van der Waals surface area contributed by atoms with Gasteiger partial charge >= 0.3 is 0 Å². The Bertz CT molecular complexity index is 1070. The first-order chi connectivity index (χ1) is 12.3. The van der Waals surface area contributed by atoms with Crippen LogP contribution in [0.1, 0.15) is 11.1 Å². The lowest BCUT2D eigenvalue weighted by Crippen LogP contribution is -1.97. The van der Waals surface area contributed by atoms with E-state index in [9.17, 15) is 5.26 Å². The Hall–Kier alpha value is -3.09. The Balaban J connectivity index is 1.62. The van der Waals surface area contributed by atoms with E-state index < -0.39 is 0 Å². The van der Waals surface area contributed by atoms with Crippen molar-refractivity contribution in [1.29, 1.82) is 5.26 Å². The summed E-state index contributed by atoms with van der Waals surface area (Å²) in [6.07, 6.45) is 0. The van der Waals surface area contributed by atoms with Gasteiger partial charge in [0.1, 0.15) is 18.4 Å². The largest absolute Gasteiger partial charge is 0.488 e. The third kappa shape index (κ3) is 3.13. The summed E-state index contributed by atoms with van der Waals surface area (Å²) < 4.78 is 6.09. The molecule has 1 aromatic heterocycles. The van der Waals surface area contributed by atoms with Crippen LogP contribution in [-0.4, -0.2) is 0 Å². The van der Waals surface area contributed by atoms with Gasteiger partial charge in [0.05, 0.1) is 10.4 Å². The van der Waals surface area contributed by atoms with Gasteiger partial charge < -0.3 is 4.74 Å². The van der Waals surface area contributed by atoms with Gasteiger partial charge in [-0.2, -0.15) is 5.26 Å². The number of fused-ring (bicyclic) bond motifs is 1. The minimum absolute atomic E-state index is 0.495. The van der Waals surface area contributed by atoms with Gasteiger partial charge in [-0.1, -0.05) is 48.5 Å². The van der Waals surface area contributed by atoms with Crippen molar-refractivity contribution in [1.82, 2.24) is 0 Å². The second-order valence-corrected chi connectivity index (χ2v) is 6.66. The van der Waals surface area contributed by atoms with Crippen molar-refractivity contribution in [2.75, 3.05) is 0 Å². The average Bonchev–Trinajstić information content (AvgIpc) is 3.15. The number of nitrogens with zero attached hydrogens (tertiary/aromatic N) is 1. The van der Waals surface area contributed by atoms with Gasteiger partial charge in [0.15, 0.2) is 0 Å². The molecule has 0 radical (unpaired) electrons. The second kappa shape index (κ2) is 6.80. The lowest BCUT2D eigenvalue weighted by Gasteiger charge is -2.11. The molecule has 1 heterocycles. The molecule has 3 heteroatoms. The highest BCUT2D eigenvalue weighted by atomic mass is 32.1. The van der Waals surface area contributed by atoms with Crippen molar-refractivity contribution in [3.63, 3.8) is 0 Å². The fraction of sp³-hybridized carbons (Fsp3) is 0.0455. The first-order valence-electron chi connectivity index (χ1n) is 8.02. The number of nitriles is 1. The van der Waals surface area contributed by atoms with Crippen molar-refractivity contribution in [3.8, 4) is 22.3 Å². The highest BCUT2D eigenvalue weighted by Gasteiger charge is 2.12. The first kappa shape index (κ1) is 15.4. The maximum Gasteiger partial charge on any atom is 0.128 e. The zero-order valence-corrected chi connectivity index (χ0v) is 14.3. The predicted octanol–water partition coefficient (Wildman–Crippen LogP) is 6.02. The zero-order valence-electron chi connectivity index (χ0n) is 13.5. The summed E-state index contributed by atoms with van der Waals surface area (Å²) in [7, 11) is 0. The molecule has 0 saturated heterocycles. The van der Waals surface area contributed by atoms with Crippen LogP contribution in [0.2, 0.25) is 0 Å². The Morgan fingerprint density at radius 1 is 0.880 bits per heavy atom. The van der Waals surface area contributed by atoms with E-state index in [0.29, 0.717) is 12.2 Å². The van der Waals surface area contributed by atoms with Crippen LogP contribution in [0.5, 0.6) is 5.75 Å². The number of hydrogen-bond donors (Lipinski definition) is 0. The molecule has 0 saturated carbocycles. The van der Waals surface area contributed by atoms with Crippen LogP contribution >= 0.6 is 11.3 Å². The number of para-hydroxylation sites is 1. The molecule has 0 bridgehead atoms. The standard InChI is InChI=1S/C22H15NOS/c23-14-19-11-12-25-22(19)20-7-3-4-8-21(20)24-15-16-9-10-17-5-1-2-6-18(17)13-16/h1-13H,15H2. The fourth-order valence-corrected chi connectivity index (χ4v) is 3.75. The van der Waals surface area contributed by atoms with E-state index in [1.54, 1.807) is 11.3 Å². The summed E-state index contributed by atoms with van der Waals surface area (Å²) in [5.41, 5.74) is 2.78. The van der Waals surface area contributed by atoms with E-state index >= 15 is 0 Å². The number of ether oxygens (including phenoxy) is 1. The van der Waals surface area contributed by atoms with E-state index in [4.69, 9.17) is 4.74 Å². The quantitative estimate of drug-likeness (QED) is 0.455. The van der Waals surface area contributed by atoms with E-state index in [0.717, 1.165) is 21.8 Å². The van der Waals surface area contributed by atoms with Crippen LogP contribution in [0.4, 0.5) is 0 Å². The van der Waals surface area contributed by atoms with Crippen LogP contribution in [-0.2, 0) is 6.61 Å². The molecule has 0 aliphatic heterocycles. The van der Waals surface area contributed by atoms with Crippen LogP contribution < -0.4 is 4.74 Å². The van der Waals surface area contributed by atoms with Gasteiger partial charge in [-0.25, -0.2) is 0 Å². The zero-order chi connectivity index (χ0) is 17.1. The number of rotatable bonds is 4. The number of thiophene rings is 1. The Morgan fingerprint density at radius 3 is 2.56 bits per heavy atom. The maximum absolute atomic E-state index is 9.28. The van der Waals surface area contributed by atoms with Crippen LogP contribution in [0.15, 0.2) is 78.2 Å². The highest BCUT2D eigenvalue weighted by Crippen LogP contribution is 2.36. The van der Waals surface area contributed by atoms with Crippen molar-refractivity contribution in [2.24, 2.45) is 0 Å². The molecular formula is C22H15NOS. The van der Waals surface area contributed by atoms with Crippen molar-refractivity contribution < 1.29 is 4.74 Å². The van der Waals surface area contributed by atoms with E-state index in [2.05, 4.69) is 36.4 Å². The van der Waals surface area contributed by atoms with Gasteiger partial charge in [-0.05, 0) is 46.0 Å². The molecule has 0 amide bonds. The summed E-state index contributed by atoms with van der Waals surface area (Å²) in [5, 5.41) is 13.7. The summed E-state index contributed by atoms with van der Waals surface area (Å²) >= 11 is 1.56. The molecule has 0 unspecified atom stereocenters. The normalized spacial score (nSPS) is 10.5. The molecule has 0 atom stereocenters. The Kier molecular flexibility index (Phi) is 4.20. The van der Waals surface area contributed by atoms with E-state index in [-0.39, 0.29) is 0 Å². The molecule has 25 heavy (non-hydrogen) atoms. The molecule has 2 nitrogen and oxygen atoms in total. The van der Waals surface area contributed by atoms with Crippen molar-refractivity contribution in [2.45, 2.75) is 6.61 Å². The molecule has 0 N–H and O–H groups in total. The molecular weight excluding hydrogens is 326 g/mol. The lowest BCUT2D eigenvalue weighted by molar-refractivity contribution is 0.308. The summed E-state index contributed by atoms with van der Waals surface area (Å²) in [6.45, 7) is 0.495. The van der Waals surface area contributed by atoms with Gasteiger partial charge in [0.2, 0.25) is 0 Å². The highest BCUT2D eigenvalue weighted by molar-refractivity contribution is 7.13. The van der Waals surface area contributed by atoms with Crippen LogP contribution in [0.25, 0.3) is 21.2 Å². The summed E-state index contributed by atoms with van der Waals surface area (Å²) in [5.74, 6) is 0.801. The molecule has 0 aliphatic rings. The molecule has 3 aromatic carbocycles. The summed E-state index contributed by atoms with van der Waals surface area (Å²) in [6, 6.07) is 26.7. The molecule has 4 aromatic rings. The summed E-state index contributed by atoms with van der Waals surface area (Å²) in [4.78, 5) is 0.955. The monoisotopic (exact) mass is 341 g/mol. The molecule has 0 fully saturated rings. The average molecular weight is 341 g/mol. The van der Waals surface area contributed by atoms with Gasteiger partial charge in [-0.15, -0.1) is 11.3 Å². The number of benzene rings is 3. The molecule has 120 valence electrons. The molecule has 4 rings (SSSR count). The third-order valence-electron chi connectivity index (χ3n) is 4.13. The molecule has 0 aliphatic carbocycles. The van der Waals surface area contributed by atoms with Crippen LogP contribution in [0, 0.1) is 11.3 Å².